The second-order valence-corrected chi connectivity index (χ2v) is 6.51. The molecule has 0 unspecified atom stereocenters. The second kappa shape index (κ2) is 5.92. The van der Waals surface area contributed by atoms with Crippen molar-refractivity contribution in [1.29, 1.82) is 0 Å². The summed E-state index contributed by atoms with van der Waals surface area (Å²) < 4.78 is 2.11. The summed E-state index contributed by atoms with van der Waals surface area (Å²) in [4.78, 5) is 20.3. The Bertz CT molecular complexity index is 782. The third-order valence-corrected chi connectivity index (χ3v) is 5.11. The third-order valence-electron chi connectivity index (χ3n) is 5.11. The van der Waals surface area contributed by atoms with Crippen LogP contribution in [0.1, 0.15) is 37.1 Å². The summed E-state index contributed by atoms with van der Waals surface area (Å²) in [6.45, 7) is 7.05. The van der Waals surface area contributed by atoms with Crippen molar-refractivity contribution in [2.45, 2.75) is 46.2 Å². The summed E-state index contributed by atoms with van der Waals surface area (Å²) in [5.74, 6) is 1.16. The molecule has 0 aliphatic carbocycles. The normalized spacial score (nSPS) is 16.8. The van der Waals surface area contributed by atoms with Crippen molar-refractivity contribution in [2.24, 2.45) is 0 Å². The first-order valence-electron chi connectivity index (χ1n) is 8.73. The summed E-state index contributed by atoms with van der Waals surface area (Å²) in [5, 5.41) is 4.91. The van der Waals surface area contributed by atoms with Crippen molar-refractivity contribution in [3.8, 4) is 0 Å². The molecule has 2 aliphatic heterocycles. The van der Waals surface area contributed by atoms with Gasteiger partial charge in [0, 0.05) is 62.3 Å². The second-order valence-electron chi connectivity index (χ2n) is 6.51. The molecule has 0 fully saturated rings. The molecule has 4 heterocycles. The first kappa shape index (κ1) is 15.2. The standard InChI is InChI=1S/C18H23N5O/c1-3-23-17-7-10-21(13(2)24)12-15(17)18(20-23)22-9-4-5-14-11-19-8-6-16(14)22/h6,8,11H,3-5,7,9-10,12H2,1-2H3. The maximum Gasteiger partial charge on any atom is 0.219 e. The van der Waals surface area contributed by atoms with Crippen LogP contribution in [0.5, 0.6) is 0 Å². The first-order valence-corrected chi connectivity index (χ1v) is 8.73. The van der Waals surface area contributed by atoms with E-state index in [9.17, 15) is 4.79 Å². The average molecular weight is 325 g/mol. The fourth-order valence-electron chi connectivity index (χ4n) is 3.86. The van der Waals surface area contributed by atoms with Crippen LogP contribution >= 0.6 is 0 Å². The molecule has 0 atom stereocenters. The minimum absolute atomic E-state index is 0.138. The molecule has 2 aromatic rings. The van der Waals surface area contributed by atoms with Crippen LogP contribution in [0.25, 0.3) is 0 Å². The van der Waals surface area contributed by atoms with Gasteiger partial charge in [-0.15, -0.1) is 0 Å². The lowest BCUT2D eigenvalue weighted by molar-refractivity contribution is -0.129. The largest absolute Gasteiger partial charge is 0.338 e. The minimum atomic E-state index is 0.138. The van der Waals surface area contributed by atoms with E-state index in [1.165, 1.54) is 22.5 Å². The van der Waals surface area contributed by atoms with Gasteiger partial charge in [0.05, 0.1) is 6.54 Å². The number of hydrogen-bond donors (Lipinski definition) is 0. The first-order chi connectivity index (χ1) is 11.7. The van der Waals surface area contributed by atoms with Gasteiger partial charge in [-0.25, -0.2) is 0 Å². The molecule has 2 aliphatic rings. The Kier molecular flexibility index (Phi) is 3.75. The lowest BCUT2D eigenvalue weighted by atomic mass is 10.0. The fraction of sp³-hybridized carbons (Fsp3) is 0.500. The molecule has 2 aromatic heterocycles. The Morgan fingerprint density at radius 3 is 2.96 bits per heavy atom. The Morgan fingerprint density at radius 1 is 1.29 bits per heavy atom. The van der Waals surface area contributed by atoms with Crippen molar-refractivity contribution in [1.82, 2.24) is 19.7 Å². The van der Waals surface area contributed by atoms with Crippen molar-refractivity contribution < 1.29 is 4.79 Å². The maximum atomic E-state index is 11.8. The molecule has 6 heteroatoms. The van der Waals surface area contributed by atoms with Crippen LogP contribution in [0, 0.1) is 0 Å². The maximum absolute atomic E-state index is 11.8. The molecule has 24 heavy (non-hydrogen) atoms. The highest BCUT2D eigenvalue weighted by Gasteiger charge is 2.30. The number of rotatable bonds is 2. The Labute approximate surface area is 142 Å². The van der Waals surface area contributed by atoms with Gasteiger partial charge in [0.2, 0.25) is 5.91 Å². The highest BCUT2D eigenvalue weighted by Crippen LogP contribution is 2.37. The Hall–Kier alpha value is -2.37. The van der Waals surface area contributed by atoms with Crippen LogP contribution in [0.15, 0.2) is 18.5 Å². The zero-order valence-electron chi connectivity index (χ0n) is 14.3. The van der Waals surface area contributed by atoms with Gasteiger partial charge in [-0.05, 0) is 31.4 Å². The van der Waals surface area contributed by atoms with E-state index < -0.39 is 0 Å². The van der Waals surface area contributed by atoms with E-state index in [1.54, 1.807) is 6.92 Å². The number of fused-ring (bicyclic) bond motifs is 2. The van der Waals surface area contributed by atoms with Crippen LogP contribution in [-0.2, 0) is 30.7 Å². The van der Waals surface area contributed by atoms with E-state index in [1.807, 2.05) is 17.3 Å². The lowest BCUT2D eigenvalue weighted by Gasteiger charge is -2.32. The van der Waals surface area contributed by atoms with Gasteiger partial charge in [0.25, 0.3) is 0 Å². The van der Waals surface area contributed by atoms with Crippen LogP contribution in [0.2, 0.25) is 0 Å². The van der Waals surface area contributed by atoms with E-state index in [0.717, 1.165) is 44.7 Å². The number of carbonyl (C=O) groups excluding carboxylic acids is 1. The molecule has 0 bridgehead atoms. The van der Waals surface area contributed by atoms with Crippen molar-refractivity contribution >= 4 is 17.4 Å². The highest BCUT2D eigenvalue weighted by atomic mass is 16.2. The predicted octanol–water partition coefficient (Wildman–Crippen LogP) is 2.29. The highest BCUT2D eigenvalue weighted by molar-refractivity contribution is 5.75. The van der Waals surface area contributed by atoms with Crippen molar-refractivity contribution in [2.75, 3.05) is 18.0 Å². The molecule has 0 saturated heterocycles. The number of hydrogen-bond acceptors (Lipinski definition) is 4. The van der Waals surface area contributed by atoms with E-state index >= 15 is 0 Å². The molecule has 126 valence electrons. The van der Waals surface area contributed by atoms with Crippen LogP contribution in [0.3, 0.4) is 0 Å². The third kappa shape index (κ3) is 2.37. The number of nitrogens with zero attached hydrogens (tertiary/aromatic N) is 5. The Morgan fingerprint density at radius 2 is 2.17 bits per heavy atom. The number of anilines is 2. The molecule has 0 radical (unpaired) electrons. The fourth-order valence-corrected chi connectivity index (χ4v) is 3.86. The smallest absolute Gasteiger partial charge is 0.219 e. The van der Waals surface area contributed by atoms with Crippen LogP contribution in [0.4, 0.5) is 11.5 Å². The summed E-state index contributed by atoms with van der Waals surface area (Å²) >= 11 is 0. The molecule has 0 saturated carbocycles. The van der Waals surface area contributed by atoms with E-state index in [0.29, 0.717) is 6.54 Å². The predicted molar refractivity (Wildman–Crippen MR) is 92.3 cm³/mol. The summed E-state index contributed by atoms with van der Waals surface area (Å²) in [6.07, 6.45) is 6.86. The number of amides is 1. The molecular weight excluding hydrogens is 302 g/mol. The van der Waals surface area contributed by atoms with E-state index in [2.05, 4.69) is 27.6 Å². The number of pyridine rings is 1. The van der Waals surface area contributed by atoms with Crippen molar-refractivity contribution in [3.63, 3.8) is 0 Å². The average Bonchev–Trinajstić information content (AvgIpc) is 2.99. The molecular formula is C18H23N5O. The quantitative estimate of drug-likeness (QED) is 0.850. The number of aryl methyl sites for hydroxylation is 2. The lowest BCUT2D eigenvalue weighted by Crippen LogP contribution is -2.35. The topological polar surface area (TPSA) is 54.3 Å². The molecule has 0 spiro atoms. The van der Waals surface area contributed by atoms with Crippen LogP contribution in [-0.4, -0.2) is 38.7 Å². The van der Waals surface area contributed by atoms with E-state index in [-0.39, 0.29) is 5.91 Å². The monoisotopic (exact) mass is 325 g/mol. The summed E-state index contributed by atoms with van der Waals surface area (Å²) in [5.41, 5.74) is 4.98. The number of aromatic nitrogens is 3. The molecule has 1 amide bonds. The van der Waals surface area contributed by atoms with Gasteiger partial charge in [0.1, 0.15) is 0 Å². The van der Waals surface area contributed by atoms with Crippen LogP contribution < -0.4 is 4.90 Å². The van der Waals surface area contributed by atoms with Gasteiger partial charge in [-0.3, -0.25) is 14.5 Å². The van der Waals surface area contributed by atoms with Crippen molar-refractivity contribution in [3.05, 3.63) is 35.3 Å². The zero-order valence-corrected chi connectivity index (χ0v) is 14.3. The summed E-state index contributed by atoms with van der Waals surface area (Å²) in [6, 6.07) is 2.08. The SMILES string of the molecule is CCn1nc(N2CCCc3cnccc32)c2c1CCN(C(C)=O)C2. The van der Waals surface area contributed by atoms with Gasteiger partial charge in [0.15, 0.2) is 5.82 Å². The molecule has 0 aromatic carbocycles. The Balaban J connectivity index is 1.80. The molecule has 6 nitrogen and oxygen atoms in total. The van der Waals surface area contributed by atoms with E-state index in [4.69, 9.17) is 5.10 Å². The number of carbonyl (C=O) groups is 1. The zero-order chi connectivity index (χ0) is 16.7. The molecule has 0 N–H and O–H groups in total. The van der Waals surface area contributed by atoms with Gasteiger partial charge in [-0.2, -0.15) is 5.10 Å². The van der Waals surface area contributed by atoms with Gasteiger partial charge in [-0.1, -0.05) is 0 Å². The van der Waals surface area contributed by atoms with Gasteiger partial charge >= 0.3 is 0 Å². The molecule has 4 rings (SSSR count). The summed E-state index contributed by atoms with van der Waals surface area (Å²) in [7, 11) is 0. The minimum Gasteiger partial charge on any atom is -0.338 e. The van der Waals surface area contributed by atoms with Gasteiger partial charge < -0.3 is 9.80 Å².